The Labute approximate surface area is 398 Å². The van der Waals surface area contributed by atoms with E-state index in [-0.39, 0.29) is 63.8 Å². The molecule has 12 heteroatoms. The average molecular weight is 927 g/mol. The lowest BCUT2D eigenvalue weighted by molar-refractivity contribution is -0.256. The van der Waals surface area contributed by atoms with Crippen LogP contribution >= 0.6 is 0 Å². The SMILES string of the molecule is C=CCO[C@@]12Oc3ccc(Oc4ccc5ccccc5c4)cc3[C@H]3[C@H](CCCCO)[C@@H](CCCCO)C=C(C(=NOCC)C[C@@H]1N(Cc1ccc(F)cc1)C(=O)OCCOCc1ccccc1)[C@H]32. The van der Waals surface area contributed by atoms with Crippen LogP contribution in [0.1, 0.15) is 74.5 Å². The van der Waals surface area contributed by atoms with Crippen molar-refractivity contribution in [3.8, 4) is 17.2 Å². The molecular weight excluding hydrogens is 864 g/mol. The maximum Gasteiger partial charge on any atom is 0.410 e. The Morgan fingerprint density at radius 2 is 1.60 bits per heavy atom. The Bertz CT molecular complexity index is 2520. The molecule has 1 aliphatic heterocycles. The predicted molar refractivity (Wildman–Crippen MR) is 260 cm³/mol. The van der Waals surface area contributed by atoms with E-state index in [4.69, 9.17) is 33.7 Å². The van der Waals surface area contributed by atoms with Crippen LogP contribution < -0.4 is 9.47 Å². The van der Waals surface area contributed by atoms with Crippen LogP contribution in [0.4, 0.5) is 9.18 Å². The average Bonchev–Trinajstić information content (AvgIpc) is 3.36. The number of aliphatic hydroxyl groups excluding tert-OH is 2. The third kappa shape index (κ3) is 11.1. The molecule has 1 fully saturated rings. The summed E-state index contributed by atoms with van der Waals surface area (Å²) in [4.78, 5) is 22.4. The number of fused-ring (bicyclic) bond motifs is 3. The standard InChI is InChI=1S/C56H63FN2O9/c1-3-30-65-56-52(59(37-39-20-23-44(57)24-21-39)55(62)64-32-31-63-38-40-14-6-5-7-15-40)36-50(58-66-4-2)48-34-43(18-10-12-28-60)47(19-11-13-29-61)53(54(48)56)49-35-46(26-27-51(49)68-56)67-45-25-22-41-16-8-9-17-42(41)33-45/h3,5-9,14-17,20-27,33-35,43,47,52-54,60-61H,1,4,10-13,18-19,28-32,36-38H2,2H3/t43-,47+,52-,53+,54+,56+/m0/s1. The number of benzene rings is 5. The maximum atomic E-state index is 14.9. The second-order valence-corrected chi connectivity index (χ2v) is 17.7. The molecule has 5 aromatic rings. The van der Waals surface area contributed by atoms with E-state index >= 15 is 0 Å². The third-order valence-electron chi connectivity index (χ3n) is 13.3. The predicted octanol–water partition coefficient (Wildman–Crippen LogP) is 11.3. The summed E-state index contributed by atoms with van der Waals surface area (Å²) in [5.74, 6) is -0.781. The summed E-state index contributed by atoms with van der Waals surface area (Å²) in [5.41, 5.74) is 4.17. The van der Waals surface area contributed by atoms with E-state index in [0.717, 1.165) is 53.2 Å². The molecule has 11 nitrogen and oxygen atoms in total. The molecule has 0 bridgehead atoms. The van der Waals surface area contributed by atoms with Crippen molar-refractivity contribution in [2.75, 3.05) is 39.6 Å². The highest BCUT2D eigenvalue weighted by molar-refractivity contribution is 6.03. The number of ether oxygens (including phenoxy) is 5. The second kappa shape index (κ2) is 23.3. The summed E-state index contributed by atoms with van der Waals surface area (Å²) in [6.07, 6.45) is 7.97. The lowest BCUT2D eigenvalue weighted by Gasteiger charge is -2.59. The highest BCUT2D eigenvalue weighted by Gasteiger charge is 2.65. The van der Waals surface area contributed by atoms with Crippen LogP contribution in [0.25, 0.3) is 10.8 Å². The van der Waals surface area contributed by atoms with E-state index in [9.17, 15) is 19.4 Å². The van der Waals surface area contributed by atoms with Gasteiger partial charge in [-0.15, -0.1) is 6.58 Å². The summed E-state index contributed by atoms with van der Waals surface area (Å²) < 4.78 is 47.6. The van der Waals surface area contributed by atoms with Crippen molar-refractivity contribution in [2.45, 2.75) is 82.8 Å². The number of carbonyl (C=O) groups excluding carboxylic acids is 1. The first-order valence-corrected chi connectivity index (χ1v) is 24.0. The van der Waals surface area contributed by atoms with Gasteiger partial charge in [-0.2, -0.15) is 0 Å². The zero-order valence-corrected chi connectivity index (χ0v) is 38.8. The number of aliphatic hydroxyl groups is 2. The molecule has 5 aromatic carbocycles. The zero-order valence-electron chi connectivity index (χ0n) is 38.8. The largest absolute Gasteiger partial charge is 0.459 e. The number of allylic oxidation sites excluding steroid dienone is 1. The fraction of sp³-hybridized carbons (Fsp3) is 0.393. The quantitative estimate of drug-likeness (QED) is 0.0374. The zero-order chi connectivity index (χ0) is 47.3. The van der Waals surface area contributed by atoms with Crippen LogP contribution in [0.2, 0.25) is 0 Å². The van der Waals surface area contributed by atoms with Gasteiger partial charge in [0, 0.05) is 37.7 Å². The molecule has 0 radical (unpaired) electrons. The summed E-state index contributed by atoms with van der Waals surface area (Å²) in [7, 11) is 0. The van der Waals surface area contributed by atoms with Crippen LogP contribution in [0, 0.1) is 23.6 Å². The van der Waals surface area contributed by atoms with Gasteiger partial charge in [0.2, 0.25) is 5.79 Å². The van der Waals surface area contributed by atoms with Gasteiger partial charge in [0.05, 0.1) is 31.5 Å². The van der Waals surface area contributed by atoms with Gasteiger partial charge in [0.25, 0.3) is 0 Å². The van der Waals surface area contributed by atoms with Crippen molar-refractivity contribution in [2.24, 2.45) is 22.9 Å². The molecule has 0 unspecified atom stereocenters. The molecule has 8 rings (SSSR count). The smallest absolute Gasteiger partial charge is 0.410 e. The number of rotatable bonds is 23. The Kier molecular flexibility index (Phi) is 16.6. The second-order valence-electron chi connectivity index (χ2n) is 17.7. The summed E-state index contributed by atoms with van der Waals surface area (Å²) in [5, 5.41) is 27.0. The van der Waals surface area contributed by atoms with Crippen molar-refractivity contribution < 1.29 is 47.9 Å². The maximum absolute atomic E-state index is 14.9. The van der Waals surface area contributed by atoms with E-state index in [1.807, 2.05) is 79.7 Å². The Morgan fingerprint density at radius 3 is 2.37 bits per heavy atom. The van der Waals surface area contributed by atoms with Crippen molar-refractivity contribution in [3.63, 3.8) is 0 Å². The normalized spacial score (nSPS) is 22.1. The lowest BCUT2D eigenvalue weighted by Crippen LogP contribution is -2.70. The number of unbranched alkanes of at least 4 members (excludes halogenated alkanes) is 2. The molecule has 2 aliphatic carbocycles. The third-order valence-corrected chi connectivity index (χ3v) is 13.3. The molecule has 1 saturated carbocycles. The van der Waals surface area contributed by atoms with Gasteiger partial charge in [-0.3, -0.25) is 4.90 Å². The van der Waals surface area contributed by atoms with Gasteiger partial charge in [0.15, 0.2) is 0 Å². The number of hydrogen-bond donors (Lipinski definition) is 2. The van der Waals surface area contributed by atoms with E-state index < -0.39 is 29.7 Å². The molecule has 1 amide bonds. The number of halogens is 1. The number of oxime groups is 1. The molecule has 3 aliphatic rings. The number of nitrogens with zero attached hydrogens (tertiary/aromatic N) is 2. The lowest BCUT2D eigenvalue weighted by atomic mass is 9.55. The molecule has 6 atom stereocenters. The Balaban J connectivity index is 1.26. The highest BCUT2D eigenvalue weighted by Crippen LogP contribution is 2.62. The van der Waals surface area contributed by atoms with Gasteiger partial charge in [0.1, 0.15) is 42.3 Å². The highest BCUT2D eigenvalue weighted by atomic mass is 19.1. The number of amides is 1. The number of hydrogen-bond acceptors (Lipinski definition) is 10. The minimum atomic E-state index is -1.53. The van der Waals surface area contributed by atoms with Crippen molar-refractivity contribution in [3.05, 3.63) is 162 Å². The van der Waals surface area contributed by atoms with Crippen molar-refractivity contribution in [1.82, 2.24) is 4.90 Å². The minimum absolute atomic E-state index is 0.00521. The summed E-state index contributed by atoms with van der Waals surface area (Å²) >= 11 is 0. The molecule has 358 valence electrons. The van der Waals surface area contributed by atoms with E-state index in [2.05, 4.69) is 30.9 Å². The summed E-state index contributed by atoms with van der Waals surface area (Å²) in [6.45, 7) is 7.01. The molecule has 1 heterocycles. The Hall–Kier alpha value is -6.05. The van der Waals surface area contributed by atoms with E-state index in [1.54, 1.807) is 23.1 Å². The molecule has 68 heavy (non-hydrogen) atoms. The first kappa shape index (κ1) is 48.4. The van der Waals surface area contributed by atoms with Crippen molar-refractivity contribution in [1.29, 1.82) is 0 Å². The fourth-order valence-corrected chi connectivity index (χ4v) is 10.3. The molecular formula is C56H63FN2O9. The number of carbonyl (C=O) groups is 1. The summed E-state index contributed by atoms with van der Waals surface area (Å²) in [6, 6.07) is 35.1. The van der Waals surface area contributed by atoms with Crippen LogP contribution in [-0.4, -0.2) is 78.4 Å². The monoisotopic (exact) mass is 926 g/mol. The first-order valence-electron chi connectivity index (χ1n) is 24.0. The van der Waals surface area contributed by atoms with E-state index in [1.165, 1.54) is 12.1 Å². The van der Waals surface area contributed by atoms with E-state index in [0.29, 0.717) is 54.6 Å². The van der Waals surface area contributed by atoms with Crippen molar-refractivity contribution >= 4 is 22.6 Å². The fourth-order valence-electron chi connectivity index (χ4n) is 10.3. The molecule has 2 N–H and O–H groups in total. The van der Waals surface area contributed by atoms with Gasteiger partial charge < -0.3 is 38.7 Å². The molecule has 0 spiro atoms. The van der Waals surface area contributed by atoms with Crippen LogP contribution in [0.3, 0.4) is 0 Å². The molecule has 0 aromatic heterocycles. The van der Waals surface area contributed by atoms with Gasteiger partial charge >= 0.3 is 6.09 Å². The topological polar surface area (TPSA) is 129 Å². The van der Waals surface area contributed by atoms with Gasteiger partial charge in [-0.05, 0) is 114 Å². The van der Waals surface area contributed by atoms with Crippen LogP contribution in [0.15, 0.2) is 145 Å². The first-order chi connectivity index (χ1) is 33.3. The Morgan fingerprint density at radius 1 is 0.868 bits per heavy atom. The van der Waals surface area contributed by atoms with Crippen LogP contribution in [-0.2, 0) is 32.2 Å². The molecule has 0 saturated heterocycles. The van der Waals surface area contributed by atoms with Gasteiger partial charge in [-0.25, -0.2) is 9.18 Å². The van der Waals surface area contributed by atoms with Crippen LogP contribution in [0.5, 0.6) is 17.2 Å². The minimum Gasteiger partial charge on any atom is -0.459 e. The van der Waals surface area contributed by atoms with Gasteiger partial charge in [-0.1, -0.05) is 103 Å².